The van der Waals surface area contributed by atoms with E-state index in [9.17, 15) is 15.2 Å². The lowest BCUT2D eigenvalue weighted by Crippen LogP contribution is -1.92. The SMILES string of the molecule is O=[N+]([O-])c1ccc(Oc2ncc(Cl)cn2)cc1O. The molecule has 8 heteroatoms. The van der Waals surface area contributed by atoms with Crippen molar-refractivity contribution in [2.75, 3.05) is 0 Å². The van der Waals surface area contributed by atoms with Gasteiger partial charge in [-0.15, -0.1) is 0 Å². The topological polar surface area (TPSA) is 98.4 Å². The van der Waals surface area contributed by atoms with Gasteiger partial charge in [-0.05, 0) is 6.07 Å². The maximum Gasteiger partial charge on any atom is 0.321 e. The minimum absolute atomic E-state index is 0.0210. The first kappa shape index (κ1) is 12.1. The smallest absolute Gasteiger partial charge is 0.321 e. The van der Waals surface area contributed by atoms with Crippen LogP contribution in [-0.4, -0.2) is 20.0 Å². The molecular weight excluding hydrogens is 262 g/mol. The number of nitrogens with zero attached hydrogens (tertiary/aromatic N) is 3. The number of hydrogen-bond acceptors (Lipinski definition) is 6. The van der Waals surface area contributed by atoms with E-state index in [1.54, 1.807) is 0 Å². The van der Waals surface area contributed by atoms with Crippen LogP contribution in [0, 0.1) is 10.1 Å². The number of phenols is 1. The van der Waals surface area contributed by atoms with Gasteiger partial charge in [0.15, 0.2) is 5.75 Å². The Morgan fingerprint density at radius 1 is 1.33 bits per heavy atom. The molecule has 2 rings (SSSR count). The summed E-state index contributed by atoms with van der Waals surface area (Å²) in [6.45, 7) is 0. The highest BCUT2D eigenvalue weighted by Gasteiger charge is 2.14. The Morgan fingerprint density at radius 2 is 2.00 bits per heavy atom. The average Bonchev–Trinajstić information content (AvgIpc) is 2.32. The van der Waals surface area contributed by atoms with Crippen molar-refractivity contribution < 1.29 is 14.8 Å². The van der Waals surface area contributed by atoms with E-state index in [1.807, 2.05) is 0 Å². The van der Waals surface area contributed by atoms with Crippen LogP contribution in [0.4, 0.5) is 5.69 Å². The van der Waals surface area contributed by atoms with E-state index in [1.165, 1.54) is 18.5 Å². The predicted octanol–water partition coefficient (Wildman–Crippen LogP) is 2.54. The molecule has 0 bridgehead atoms. The standard InChI is InChI=1S/C10H6ClN3O4/c11-6-4-12-10(13-5-6)18-7-1-2-8(14(16)17)9(15)3-7/h1-5,15H. The fourth-order valence-electron chi connectivity index (χ4n) is 1.18. The highest BCUT2D eigenvalue weighted by molar-refractivity contribution is 6.30. The van der Waals surface area contributed by atoms with Gasteiger partial charge in [-0.25, -0.2) is 9.97 Å². The van der Waals surface area contributed by atoms with Gasteiger partial charge in [0.1, 0.15) is 5.75 Å². The number of hydrogen-bond donors (Lipinski definition) is 1. The number of aromatic hydroxyl groups is 1. The van der Waals surface area contributed by atoms with Crippen molar-refractivity contribution in [3.05, 3.63) is 45.7 Å². The molecule has 0 unspecified atom stereocenters. The van der Waals surface area contributed by atoms with E-state index >= 15 is 0 Å². The molecule has 1 N–H and O–H groups in total. The van der Waals surface area contributed by atoms with Gasteiger partial charge in [0.2, 0.25) is 0 Å². The number of nitro benzene ring substituents is 1. The summed E-state index contributed by atoms with van der Waals surface area (Å²) in [5.41, 5.74) is -0.403. The third-order valence-electron chi connectivity index (χ3n) is 1.95. The fraction of sp³-hybridized carbons (Fsp3) is 0. The number of rotatable bonds is 3. The largest absolute Gasteiger partial charge is 0.502 e. The van der Waals surface area contributed by atoms with Crippen LogP contribution in [0.1, 0.15) is 0 Å². The van der Waals surface area contributed by atoms with Crippen molar-refractivity contribution in [2.45, 2.75) is 0 Å². The van der Waals surface area contributed by atoms with Gasteiger partial charge in [0.25, 0.3) is 0 Å². The summed E-state index contributed by atoms with van der Waals surface area (Å²) in [5.74, 6) is -0.313. The predicted molar refractivity (Wildman–Crippen MR) is 61.9 cm³/mol. The van der Waals surface area contributed by atoms with Crippen molar-refractivity contribution in [3.63, 3.8) is 0 Å². The summed E-state index contributed by atoms with van der Waals surface area (Å²) in [6, 6.07) is 3.58. The number of aromatic nitrogens is 2. The Bertz CT molecular complexity index is 588. The molecule has 0 saturated heterocycles. The van der Waals surface area contributed by atoms with E-state index in [2.05, 4.69) is 9.97 Å². The van der Waals surface area contributed by atoms with Gasteiger partial charge < -0.3 is 9.84 Å². The number of nitro groups is 1. The molecule has 1 aromatic heterocycles. The van der Waals surface area contributed by atoms with Crippen molar-refractivity contribution >= 4 is 17.3 Å². The summed E-state index contributed by atoms with van der Waals surface area (Å²) in [5, 5.41) is 20.2. The molecule has 0 aliphatic rings. The molecule has 18 heavy (non-hydrogen) atoms. The number of benzene rings is 1. The lowest BCUT2D eigenvalue weighted by molar-refractivity contribution is -0.385. The van der Waals surface area contributed by atoms with Crippen molar-refractivity contribution in [3.8, 4) is 17.5 Å². The second-order valence-corrected chi connectivity index (χ2v) is 3.63. The van der Waals surface area contributed by atoms with Gasteiger partial charge in [0, 0.05) is 12.1 Å². The highest BCUT2D eigenvalue weighted by atomic mass is 35.5. The average molecular weight is 268 g/mol. The summed E-state index contributed by atoms with van der Waals surface area (Å²) in [7, 11) is 0. The lowest BCUT2D eigenvalue weighted by atomic mass is 10.3. The number of phenolic OH excluding ortho intramolecular Hbond substituents is 1. The summed E-state index contributed by atoms with van der Waals surface area (Å²) in [4.78, 5) is 17.4. The van der Waals surface area contributed by atoms with Gasteiger partial charge in [0.05, 0.1) is 22.3 Å². The Labute approximate surface area is 106 Å². The van der Waals surface area contributed by atoms with Crippen LogP contribution < -0.4 is 4.74 Å². The van der Waals surface area contributed by atoms with Crippen LogP contribution in [0.3, 0.4) is 0 Å². The monoisotopic (exact) mass is 267 g/mol. The van der Waals surface area contributed by atoms with Crippen LogP contribution in [0.2, 0.25) is 5.02 Å². The van der Waals surface area contributed by atoms with E-state index in [0.717, 1.165) is 12.1 Å². The van der Waals surface area contributed by atoms with E-state index < -0.39 is 16.4 Å². The van der Waals surface area contributed by atoms with Gasteiger partial charge >= 0.3 is 11.7 Å². The molecule has 2 aromatic rings. The third kappa shape index (κ3) is 2.64. The summed E-state index contributed by atoms with van der Waals surface area (Å²) in [6.07, 6.45) is 2.68. The van der Waals surface area contributed by atoms with Gasteiger partial charge in [-0.3, -0.25) is 10.1 Å². The van der Waals surface area contributed by atoms with E-state index in [4.69, 9.17) is 16.3 Å². The first-order valence-electron chi connectivity index (χ1n) is 4.69. The summed E-state index contributed by atoms with van der Waals surface area (Å²) >= 11 is 5.60. The summed E-state index contributed by atoms with van der Waals surface area (Å²) < 4.78 is 5.19. The Balaban J connectivity index is 2.22. The Hall–Kier alpha value is -2.41. The zero-order valence-corrected chi connectivity index (χ0v) is 9.53. The molecule has 0 aliphatic carbocycles. The maximum absolute atomic E-state index is 10.5. The van der Waals surface area contributed by atoms with Crippen LogP contribution in [0.15, 0.2) is 30.6 Å². The van der Waals surface area contributed by atoms with Crippen LogP contribution >= 0.6 is 11.6 Å². The molecule has 0 fully saturated rings. The molecule has 0 saturated carbocycles. The molecule has 7 nitrogen and oxygen atoms in total. The third-order valence-corrected chi connectivity index (χ3v) is 2.14. The second kappa shape index (κ2) is 4.84. The molecular formula is C10H6ClN3O4. The van der Waals surface area contributed by atoms with E-state index in [0.29, 0.717) is 5.02 Å². The van der Waals surface area contributed by atoms with Gasteiger partial charge in [-0.2, -0.15) is 0 Å². The zero-order valence-electron chi connectivity index (χ0n) is 8.78. The van der Waals surface area contributed by atoms with Crippen LogP contribution in [-0.2, 0) is 0 Å². The van der Waals surface area contributed by atoms with Crippen molar-refractivity contribution in [1.29, 1.82) is 0 Å². The molecule has 1 heterocycles. The molecule has 0 aliphatic heterocycles. The second-order valence-electron chi connectivity index (χ2n) is 3.19. The maximum atomic E-state index is 10.5. The molecule has 1 aromatic carbocycles. The zero-order chi connectivity index (χ0) is 13.1. The molecule has 92 valence electrons. The first-order valence-corrected chi connectivity index (χ1v) is 5.07. The Kier molecular flexibility index (Phi) is 3.24. The number of ether oxygens (including phenoxy) is 1. The molecule has 0 spiro atoms. The lowest BCUT2D eigenvalue weighted by Gasteiger charge is -2.03. The quantitative estimate of drug-likeness (QED) is 0.678. The first-order chi connectivity index (χ1) is 8.56. The number of halogens is 1. The molecule has 0 radical (unpaired) electrons. The molecule has 0 amide bonds. The normalized spacial score (nSPS) is 10.1. The van der Waals surface area contributed by atoms with Crippen LogP contribution in [0.25, 0.3) is 0 Å². The highest BCUT2D eigenvalue weighted by Crippen LogP contribution is 2.31. The van der Waals surface area contributed by atoms with Crippen LogP contribution in [0.5, 0.6) is 17.5 Å². The molecule has 0 atom stereocenters. The fourth-order valence-corrected chi connectivity index (χ4v) is 1.28. The van der Waals surface area contributed by atoms with E-state index in [-0.39, 0.29) is 11.8 Å². The van der Waals surface area contributed by atoms with Crippen molar-refractivity contribution in [1.82, 2.24) is 9.97 Å². The minimum atomic E-state index is -0.697. The van der Waals surface area contributed by atoms with Gasteiger partial charge in [-0.1, -0.05) is 11.6 Å². The van der Waals surface area contributed by atoms with Crippen molar-refractivity contribution in [2.24, 2.45) is 0 Å². The Morgan fingerprint density at radius 3 is 2.56 bits per heavy atom. The minimum Gasteiger partial charge on any atom is -0.502 e.